The Bertz CT molecular complexity index is 1080. The highest BCUT2D eigenvalue weighted by molar-refractivity contribution is 7.92. The summed E-state index contributed by atoms with van der Waals surface area (Å²) in [5.74, 6) is 0.332. The second-order valence-corrected chi connectivity index (χ2v) is 9.87. The van der Waals surface area contributed by atoms with E-state index in [1.54, 1.807) is 12.1 Å². The highest BCUT2D eigenvalue weighted by Gasteiger charge is 2.23. The van der Waals surface area contributed by atoms with Crippen molar-refractivity contribution in [1.29, 1.82) is 0 Å². The number of hydrogen-bond acceptors (Lipinski definition) is 6. The fourth-order valence-electron chi connectivity index (χ4n) is 3.67. The minimum atomic E-state index is -4.12. The van der Waals surface area contributed by atoms with Crippen LogP contribution in [0.5, 0.6) is 0 Å². The molecular formula is C22H28N4O5S. The maximum absolute atomic E-state index is 12.8. The molecule has 3 rings (SSSR count). The highest BCUT2D eigenvalue weighted by atomic mass is 32.2. The van der Waals surface area contributed by atoms with E-state index in [2.05, 4.69) is 28.8 Å². The van der Waals surface area contributed by atoms with Gasteiger partial charge in [-0.1, -0.05) is 25.1 Å². The number of amides is 1. The Labute approximate surface area is 188 Å². The molecule has 0 bridgehead atoms. The van der Waals surface area contributed by atoms with Crippen molar-refractivity contribution in [3.05, 3.63) is 64.2 Å². The van der Waals surface area contributed by atoms with Gasteiger partial charge in [0.15, 0.2) is 0 Å². The van der Waals surface area contributed by atoms with E-state index in [0.29, 0.717) is 6.54 Å². The van der Waals surface area contributed by atoms with Gasteiger partial charge in [-0.05, 0) is 57.0 Å². The lowest BCUT2D eigenvalue weighted by Gasteiger charge is -2.35. The first-order valence-electron chi connectivity index (χ1n) is 10.6. The standard InChI is InChI=1S/C22H28N4O5S/c1-16-10-12-25(13-11-16)17(2)15-23-22(27)20-8-3-4-9-21(20)24-32(30,31)19-7-5-6-18(14-19)26(28)29/h3-9,14,16-17,24H,10-13,15H2,1-2H3,(H,23,27). The van der Waals surface area contributed by atoms with Crippen LogP contribution >= 0.6 is 0 Å². The number of rotatable bonds is 8. The molecule has 1 aliphatic rings. The molecule has 1 fully saturated rings. The third kappa shape index (κ3) is 5.83. The van der Waals surface area contributed by atoms with Crippen molar-refractivity contribution in [2.45, 2.75) is 37.6 Å². The molecule has 1 saturated heterocycles. The zero-order chi connectivity index (χ0) is 23.3. The Hall–Kier alpha value is -2.98. The molecule has 1 unspecified atom stereocenters. The van der Waals surface area contributed by atoms with Crippen LogP contribution in [0.15, 0.2) is 53.4 Å². The second-order valence-electron chi connectivity index (χ2n) is 8.18. The third-order valence-electron chi connectivity index (χ3n) is 5.75. The molecule has 32 heavy (non-hydrogen) atoms. The molecule has 2 aromatic rings. The van der Waals surface area contributed by atoms with Crippen LogP contribution in [-0.4, -0.2) is 49.8 Å². The molecule has 172 valence electrons. The van der Waals surface area contributed by atoms with E-state index >= 15 is 0 Å². The highest BCUT2D eigenvalue weighted by Crippen LogP contribution is 2.23. The lowest BCUT2D eigenvalue weighted by Crippen LogP contribution is -2.45. The molecule has 2 N–H and O–H groups in total. The number of nitrogens with zero attached hydrogens (tertiary/aromatic N) is 2. The zero-order valence-electron chi connectivity index (χ0n) is 18.2. The van der Waals surface area contributed by atoms with E-state index in [-0.39, 0.29) is 33.8 Å². The topological polar surface area (TPSA) is 122 Å². The van der Waals surface area contributed by atoms with Crippen molar-refractivity contribution in [3.63, 3.8) is 0 Å². The summed E-state index contributed by atoms with van der Waals surface area (Å²) in [4.78, 5) is 25.2. The van der Waals surface area contributed by atoms with E-state index in [1.165, 1.54) is 30.3 Å². The Morgan fingerprint density at radius 2 is 1.88 bits per heavy atom. The third-order valence-corrected chi connectivity index (χ3v) is 7.12. The average molecular weight is 461 g/mol. The first kappa shape index (κ1) is 23.7. The van der Waals surface area contributed by atoms with Gasteiger partial charge in [0.1, 0.15) is 0 Å². The Balaban J connectivity index is 1.70. The number of nitrogens with one attached hydrogen (secondary N) is 2. The molecule has 1 atom stereocenters. The molecule has 0 radical (unpaired) electrons. The van der Waals surface area contributed by atoms with Crippen LogP contribution in [0.4, 0.5) is 11.4 Å². The number of anilines is 1. The SMILES string of the molecule is CC1CCN(C(C)CNC(=O)c2ccccc2NS(=O)(=O)c2cccc([N+](=O)[O-])c2)CC1. The minimum absolute atomic E-state index is 0.107. The van der Waals surface area contributed by atoms with Crippen LogP contribution in [0.2, 0.25) is 0 Å². The molecule has 1 heterocycles. The van der Waals surface area contributed by atoms with Gasteiger partial charge in [0, 0.05) is 24.7 Å². The van der Waals surface area contributed by atoms with Crippen LogP contribution in [0, 0.1) is 16.0 Å². The molecule has 9 nitrogen and oxygen atoms in total. The van der Waals surface area contributed by atoms with Gasteiger partial charge in [-0.2, -0.15) is 0 Å². The van der Waals surface area contributed by atoms with E-state index in [0.717, 1.165) is 37.9 Å². The summed E-state index contributed by atoms with van der Waals surface area (Å²) in [5, 5.41) is 13.9. The number of non-ortho nitro benzene ring substituents is 1. The van der Waals surface area contributed by atoms with Gasteiger partial charge >= 0.3 is 0 Å². The molecule has 0 aromatic heterocycles. The molecule has 1 aliphatic heterocycles. The smallest absolute Gasteiger partial charge is 0.270 e. The van der Waals surface area contributed by atoms with E-state index in [9.17, 15) is 23.3 Å². The maximum atomic E-state index is 12.8. The molecule has 10 heteroatoms. The summed E-state index contributed by atoms with van der Waals surface area (Å²) < 4.78 is 27.9. The van der Waals surface area contributed by atoms with Gasteiger partial charge in [-0.15, -0.1) is 0 Å². The summed E-state index contributed by atoms with van der Waals surface area (Å²) in [6, 6.07) is 11.2. The fraction of sp³-hybridized carbons (Fsp3) is 0.409. The van der Waals surface area contributed by atoms with E-state index in [1.807, 2.05) is 0 Å². The van der Waals surface area contributed by atoms with Gasteiger partial charge in [0.05, 0.1) is 21.1 Å². The van der Waals surface area contributed by atoms with Crippen molar-refractivity contribution >= 4 is 27.3 Å². The first-order valence-corrected chi connectivity index (χ1v) is 12.0. The van der Waals surface area contributed by atoms with E-state index in [4.69, 9.17) is 0 Å². The van der Waals surface area contributed by atoms with Gasteiger partial charge in [-0.25, -0.2) is 8.42 Å². The van der Waals surface area contributed by atoms with Crippen molar-refractivity contribution < 1.29 is 18.1 Å². The van der Waals surface area contributed by atoms with Crippen molar-refractivity contribution in [2.24, 2.45) is 5.92 Å². The first-order chi connectivity index (χ1) is 15.2. The molecule has 1 amide bonds. The van der Waals surface area contributed by atoms with Crippen molar-refractivity contribution in [1.82, 2.24) is 10.2 Å². The number of nitro groups is 1. The van der Waals surface area contributed by atoms with Crippen LogP contribution in [0.3, 0.4) is 0 Å². The number of carbonyl (C=O) groups excluding carboxylic acids is 1. The summed E-state index contributed by atoms with van der Waals surface area (Å²) in [6.07, 6.45) is 2.28. The number of likely N-dealkylation sites (tertiary alicyclic amines) is 1. The largest absolute Gasteiger partial charge is 0.350 e. The van der Waals surface area contributed by atoms with Gasteiger partial charge in [-0.3, -0.25) is 24.5 Å². The fourth-order valence-corrected chi connectivity index (χ4v) is 4.79. The summed E-state index contributed by atoms with van der Waals surface area (Å²) in [6.45, 7) is 6.75. The number of piperidine rings is 1. The monoisotopic (exact) mass is 460 g/mol. The molecular weight excluding hydrogens is 432 g/mol. The number of carbonyl (C=O) groups is 1. The minimum Gasteiger partial charge on any atom is -0.350 e. The van der Waals surface area contributed by atoms with Gasteiger partial charge in [0.25, 0.3) is 21.6 Å². The quantitative estimate of drug-likeness (QED) is 0.461. The molecule has 0 spiro atoms. The number of sulfonamides is 1. The van der Waals surface area contributed by atoms with Crippen molar-refractivity contribution in [3.8, 4) is 0 Å². The summed E-state index contributed by atoms with van der Waals surface area (Å²) in [5.41, 5.74) is -0.0445. The number of hydrogen-bond donors (Lipinski definition) is 2. The van der Waals surface area contributed by atoms with Crippen LogP contribution in [0.25, 0.3) is 0 Å². The Morgan fingerprint density at radius 3 is 2.56 bits per heavy atom. The number of para-hydroxylation sites is 1. The maximum Gasteiger partial charge on any atom is 0.270 e. The molecule has 0 aliphatic carbocycles. The summed E-state index contributed by atoms with van der Waals surface area (Å²) >= 11 is 0. The van der Waals surface area contributed by atoms with Crippen LogP contribution in [-0.2, 0) is 10.0 Å². The average Bonchev–Trinajstić information content (AvgIpc) is 2.78. The Morgan fingerprint density at radius 1 is 1.19 bits per heavy atom. The predicted octanol–water partition coefficient (Wildman–Crippen LogP) is 3.25. The van der Waals surface area contributed by atoms with Crippen LogP contribution < -0.4 is 10.0 Å². The molecule has 0 saturated carbocycles. The lowest BCUT2D eigenvalue weighted by molar-refractivity contribution is -0.385. The predicted molar refractivity (Wildman–Crippen MR) is 122 cm³/mol. The Kier molecular flexibility index (Phi) is 7.47. The number of nitro benzene ring substituents is 1. The molecule has 2 aromatic carbocycles. The second kappa shape index (κ2) is 10.1. The van der Waals surface area contributed by atoms with E-state index < -0.39 is 14.9 Å². The van der Waals surface area contributed by atoms with Crippen LogP contribution in [0.1, 0.15) is 37.0 Å². The number of benzene rings is 2. The van der Waals surface area contributed by atoms with Gasteiger partial charge in [0.2, 0.25) is 0 Å². The lowest BCUT2D eigenvalue weighted by atomic mass is 9.98. The summed E-state index contributed by atoms with van der Waals surface area (Å²) in [7, 11) is -4.12. The van der Waals surface area contributed by atoms with Crippen molar-refractivity contribution in [2.75, 3.05) is 24.4 Å². The van der Waals surface area contributed by atoms with Gasteiger partial charge < -0.3 is 5.32 Å². The normalized spacial score (nSPS) is 16.3. The zero-order valence-corrected chi connectivity index (χ0v) is 19.0.